The molecule has 0 aromatic heterocycles. The maximum atomic E-state index is 12.5. The van der Waals surface area contributed by atoms with Crippen LogP contribution in [0.4, 0.5) is 5.69 Å². The van der Waals surface area contributed by atoms with Gasteiger partial charge in [0.25, 0.3) is 11.6 Å². The molecule has 1 aromatic rings. The maximum absolute atomic E-state index is 12.5. The molecule has 1 amide bonds. The summed E-state index contributed by atoms with van der Waals surface area (Å²) in [5, 5.41) is 19.6. The molecule has 2 rings (SSSR count). The van der Waals surface area contributed by atoms with E-state index < -0.39 is 10.9 Å². The van der Waals surface area contributed by atoms with Crippen molar-refractivity contribution in [3.63, 3.8) is 0 Å². The highest BCUT2D eigenvalue weighted by Crippen LogP contribution is 2.29. The van der Waals surface area contributed by atoms with Crippen molar-refractivity contribution in [2.75, 3.05) is 6.54 Å². The number of non-ortho nitro benzene ring substituents is 1. The summed E-state index contributed by atoms with van der Waals surface area (Å²) in [6, 6.07) is 4.20. The topological polar surface area (TPSA) is 101 Å². The predicted octanol–water partition coefficient (Wildman–Crippen LogP) is 1.98. The third kappa shape index (κ3) is 3.56. The summed E-state index contributed by atoms with van der Waals surface area (Å²) in [5.41, 5.74) is 0.769. The summed E-state index contributed by atoms with van der Waals surface area (Å²) in [7, 11) is 0. The number of hydrogen-bond donors (Lipinski definition) is 1. The summed E-state index contributed by atoms with van der Waals surface area (Å²) in [6.07, 6.45) is 1.56. The minimum absolute atomic E-state index is 0.0514. The number of carboxylic acids is 1. The van der Waals surface area contributed by atoms with Gasteiger partial charge < -0.3 is 10.0 Å². The summed E-state index contributed by atoms with van der Waals surface area (Å²) in [5.74, 6) is -1.30. The van der Waals surface area contributed by atoms with E-state index >= 15 is 0 Å². The number of nitro groups is 1. The standard InChI is InChI=1S/C14H16N2O5/c1-9-2-3-11(16(20)21)8-12(9)14(19)15(10-4-5-10)7-6-13(17)18/h2-3,8,10H,4-7H2,1H3,(H,17,18). The lowest BCUT2D eigenvalue weighted by Crippen LogP contribution is -2.35. The van der Waals surface area contributed by atoms with Crippen LogP contribution in [0, 0.1) is 17.0 Å². The lowest BCUT2D eigenvalue weighted by atomic mass is 10.1. The smallest absolute Gasteiger partial charge is 0.305 e. The molecule has 1 N–H and O–H groups in total. The van der Waals surface area contributed by atoms with Crippen LogP contribution in [0.3, 0.4) is 0 Å². The molecular weight excluding hydrogens is 276 g/mol. The van der Waals surface area contributed by atoms with Crippen molar-refractivity contribution >= 4 is 17.6 Å². The number of hydrogen-bond acceptors (Lipinski definition) is 4. The Hall–Kier alpha value is -2.44. The van der Waals surface area contributed by atoms with Gasteiger partial charge >= 0.3 is 5.97 Å². The first kappa shape index (κ1) is 15.0. The number of rotatable bonds is 6. The normalized spacial score (nSPS) is 13.8. The van der Waals surface area contributed by atoms with Gasteiger partial charge in [-0.1, -0.05) is 6.07 Å². The van der Waals surface area contributed by atoms with Gasteiger partial charge in [-0.2, -0.15) is 0 Å². The number of nitrogens with zero attached hydrogens (tertiary/aromatic N) is 2. The number of carboxylic acid groups (broad SMARTS) is 1. The molecule has 1 saturated carbocycles. The number of carbonyl (C=O) groups excluding carboxylic acids is 1. The third-order valence-electron chi connectivity index (χ3n) is 3.48. The molecule has 7 nitrogen and oxygen atoms in total. The number of aliphatic carboxylic acids is 1. The van der Waals surface area contributed by atoms with Crippen LogP contribution in [-0.2, 0) is 4.79 Å². The molecule has 112 valence electrons. The van der Waals surface area contributed by atoms with Crippen LogP contribution in [0.25, 0.3) is 0 Å². The first-order valence-electron chi connectivity index (χ1n) is 6.68. The van der Waals surface area contributed by atoms with Crippen LogP contribution in [0.5, 0.6) is 0 Å². The number of carbonyl (C=O) groups is 2. The Morgan fingerprint density at radius 3 is 2.62 bits per heavy atom. The molecule has 0 radical (unpaired) electrons. The monoisotopic (exact) mass is 292 g/mol. The van der Waals surface area contributed by atoms with Crippen molar-refractivity contribution in [2.45, 2.75) is 32.2 Å². The highest BCUT2D eigenvalue weighted by molar-refractivity contribution is 5.96. The van der Waals surface area contributed by atoms with E-state index in [-0.39, 0.29) is 36.2 Å². The van der Waals surface area contributed by atoms with Crippen LogP contribution in [0.1, 0.15) is 35.2 Å². The fourth-order valence-electron chi connectivity index (χ4n) is 2.16. The van der Waals surface area contributed by atoms with Crippen molar-refractivity contribution in [1.29, 1.82) is 0 Å². The van der Waals surface area contributed by atoms with Gasteiger partial charge in [0.15, 0.2) is 0 Å². The fourth-order valence-corrected chi connectivity index (χ4v) is 2.16. The largest absolute Gasteiger partial charge is 0.481 e. The minimum atomic E-state index is -0.968. The molecule has 0 aliphatic heterocycles. The molecule has 0 saturated heterocycles. The highest BCUT2D eigenvalue weighted by Gasteiger charge is 2.34. The number of benzene rings is 1. The Labute approximate surface area is 121 Å². The number of nitro benzene ring substituents is 1. The van der Waals surface area contributed by atoms with E-state index in [1.54, 1.807) is 6.92 Å². The predicted molar refractivity (Wildman–Crippen MR) is 74.1 cm³/mol. The van der Waals surface area contributed by atoms with Gasteiger partial charge in [-0.05, 0) is 25.3 Å². The molecule has 1 aliphatic carbocycles. The molecule has 0 spiro atoms. The van der Waals surface area contributed by atoms with Gasteiger partial charge in [-0.25, -0.2) is 0 Å². The molecular formula is C14H16N2O5. The first-order valence-corrected chi connectivity index (χ1v) is 6.68. The maximum Gasteiger partial charge on any atom is 0.305 e. The quantitative estimate of drug-likeness (QED) is 0.638. The molecule has 0 bridgehead atoms. The Kier molecular flexibility index (Phi) is 4.21. The Bertz CT molecular complexity index is 595. The second-order valence-electron chi connectivity index (χ2n) is 5.13. The van der Waals surface area contributed by atoms with Crippen LogP contribution in [-0.4, -0.2) is 39.4 Å². The molecule has 0 unspecified atom stereocenters. The Morgan fingerprint density at radius 2 is 2.10 bits per heavy atom. The molecule has 0 atom stereocenters. The summed E-state index contributed by atoms with van der Waals surface area (Å²) in [4.78, 5) is 35.0. The SMILES string of the molecule is Cc1ccc([N+](=O)[O-])cc1C(=O)N(CCC(=O)O)C1CC1. The van der Waals surface area contributed by atoms with E-state index in [0.29, 0.717) is 5.56 Å². The van der Waals surface area contributed by atoms with Crippen molar-refractivity contribution in [3.05, 3.63) is 39.4 Å². The zero-order valence-electron chi connectivity index (χ0n) is 11.6. The summed E-state index contributed by atoms with van der Waals surface area (Å²) >= 11 is 0. The molecule has 7 heteroatoms. The molecule has 1 aliphatic rings. The van der Waals surface area contributed by atoms with E-state index in [2.05, 4.69) is 0 Å². The second-order valence-corrected chi connectivity index (χ2v) is 5.13. The van der Waals surface area contributed by atoms with Gasteiger partial charge in [0.05, 0.1) is 11.3 Å². The Balaban J connectivity index is 2.25. The molecule has 21 heavy (non-hydrogen) atoms. The zero-order chi connectivity index (χ0) is 15.6. The summed E-state index contributed by atoms with van der Waals surface area (Å²) < 4.78 is 0. The van der Waals surface area contributed by atoms with E-state index in [4.69, 9.17) is 5.11 Å². The van der Waals surface area contributed by atoms with Crippen molar-refractivity contribution < 1.29 is 19.6 Å². The molecule has 1 aromatic carbocycles. The highest BCUT2D eigenvalue weighted by atomic mass is 16.6. The van der Waals surface area contributed by atoms with Gasteiger partial charge in [-0.15, -0.1) is 0 Å². The first-order chi connectivity index (χ1) is 9.90. The average Bonchev–Trinajstić information content (AvgIpc) is 3.23. The second kappa shape index (κ2) is 5.90. The van der Waals surface area contributed by atoms with Crippen LogP contribution in [0.15, 0.2) is 18.2 Å². The third-order valence-corrected chi connectivity index (χ3v) is 3.48. The summed E-state index contributed by atoms with van der Waals surface area (Å²) in [6.45, 7) is 1.83. The van der Waals surface area contributed by atoms with Gasteiger partial charge in [-0.3, -0.25) is 19.7 Å². The minimum Gasteiger partial charge on any atom is -0.481 e. The number of aryl methyl sites for hydroxylation is 1. The van der Waals surface area contributed by atoms with E-state index in [9.17, 15) is 19.7 Å². The van der Waals surface area contributed by atoms with Crippen molar-refractivity contribution in [1.82, 2.24) is 4.90 Å². The van der Waals surface area contributed by atoms with E-state index in [0.717, 1.165) is 12.8 Å². The Morgan fingerprint density at radius 1 is 1.43 bits per heavy atom. The van der Waals surface area contributed by atoms with Crippen LogP contribution < -0.4 is 0 Å². The van der Waals surface area contributed by atoms with Crippen LogP contribution in [0.2, 0.25) is 0 Å². The van der Waals surface area contributed by atoms with Crippen molar-refractivity contribution in [3.8, 4) is 0 Å². The fraction of sp³-hybridized carbons (Fsp3) is 0.429. The zero-order valence-corrected chi connectivity index (χ0v) is 11.6. The molecule has 1 fully saturated rings. The van der Waals surface area contributed by atoms with Gasteiger partial charge in [0.1, 0.15) is 0 Å². The lowest BCUT2D eigenvalue weighted by Gasteiger charge is -2.22. The average molecular weight is 292 g/mol. The lowest BCUT2D eigenvalue weighted by molar-refractivity contribution is -0.384. The van der Waals surface area contributed by atoms with Gasteiger partial charge in [0, 0.05) is 30.3 Å². The van der Waals surface area contributed by atoms with Gasteiger partial charge in [0.2, 0.25) is 0 Å². The van der Waals surface area contributed by atoms with Crippen LogP contribution >= 0.6 is 0 Å². The van der Waals surface area contributed by atoms with E-state index in [1.165, 1.54) is 23.1 Å². The van der Waals surface area contributed by atoms with E-state index in [1.807, 2.05) is 0 Å². The van der Waals surface area contributed by atoms with Crippen molar-refractivity contribution in [2.24, 2.45) is 0 Å². The number of amides is 1. The molecule has 0 heterocycles.